The predicted molar refractivity (Wildman–Crippen MR) is 138 cm³/mol. The molecule has 0 aromatic rings. The van der Waals surface area contributed by atoms with Crippen LogP contribution in [0.3, 0.4) is 0 Å². The third-order valence-corrected chi connectivity index (χ3v) is 10.4. The zero-order chi connectivity index (χ0) is 22.0. The lowest BCUT2D eigenvalue weighted by atomic mass is 9.35. The summed E-state index contributed by atoms with van der Waals surface area (Å²) < 4.78 is 0. The molecule has 0 aliphatic heterocycles. The van der Waals surface area contributed by atoms with E-state index in [1.807, 2.05) is 0 Å². The van der Waals surface area contributed by atoms with Crippen molar-refractivity contribution in [2.45, 2.75) is 141 Å². The van der Waals surface area contributed by atoms with Crippen LogP contribution in [0.25, 0.3) is 0 Å². The smallest absolute Gasteiger partial charge is 0.230 e. The Morgan fingerprint density at radius 1 is 0.806 bits per heavy atom. The van der Waals surface area contributed by atoms with Gasteiger partial charge in [-0.2, -0.15) is 0 Å². The summed E-state index contributed by atoms with van der Waals surface area (Å²) in [6.45, 7) is 14.8. The molecule has 0 heterocycles. The van der Waals surface area contributed by atoms with E-state index in [-0.39, 0.29) is 0 Å². The number of unbranched alkanes of at least 4 members (excludes halogenated alkanes) is 1. The van der Waals surface area contributed by atoms with E-state index in [9.17, 15) is 0 Å². The molecule has 7 unspecified atom stereocenters. The molecule has 0 aromatic heterocycles. The summed E-state index contributed by atoms with van der Waals surface area (Å²) in [6, 6.07) is 1.35. The number of nitrogens with zero attached hydrogens (tertiary/aromatic N) is 1. The molecule has 0 N–H and O–H groups in total. The van der Waals surface area contributed by atoms with Crippen LogP contribution in [0, 0.1) is 29.6 Å². The average molecular weight is 426 g/mol. The van der Waals surface area contributed by atoms with E-state index in [0.29, 0.717) is 12.1 Å². The van der Waals surface area contributed by atoms with Crippen molar-refractivity contribution in [2.24, 2.45) is 29.6 Å². The highest BCUT2D eigenvalue weighted by Gasteiger charge is 2.55. The maximum absolute atomic E-state index is 4.00. The van der Waals surface area contributed by atoms with E-state index in [2.05, 4.69) is 45.2 Å². The number of fused-ring (bicyclic) bond motifs is 2. The topological polar surface area (TPSA) is 3.24 Å². The lowest BCUT2D eigenvalue weighted by Crippen LogP contribution is -2.54. The minimum absolute atomic E-state index is 0.675. The molecule has 0 bridgehead atoms. The molecule has 2 heteroatoms. The molecule has 4 fully saturated rings. The number of allylic oxidation sites excluding steroid dienone is 1. The van der Waals surface area contributed by atoms with Crippen LogP contribution in [0.4, 0.5) is 0 Å². The second kappa shape index (κ2) is 10.8. The van der Waals surface area contributed by atoms with E-state index < -0.39 is 0 Å². The molecule has 0 spiro atoms. The quantitative estimate of drug-likeness (QED) is 0.203. The molecule has 0 radical (unpaired) electrons. The number of hydrogen-bond acceptors (Lipinski definition) is 1. The molecule has 0 saturated heterocycles. The van der Waals surface area contributed by atoms with E-state index in [4.69, 9.17) is 0 Å². The highest BCUT2D eigenvalue weighted by molar-refractivity contribution is 6.59. The van der Waals surface area contributed by atoms with Crippen molar-refractivity contribution >= 4 is 6.85 Å². The molecule has 0 amide bonds. The van der Waals surface area contributed by atoms with Gasteiger partial charge in [-0.25, -0.2) is 0 Å². The van der Waals surface area contributed by atoms with Gasteiger partial charge in [0.15, 0.2) is 0 Å². The normalized spacial score (nSPS) is 38.0. The maximum atomic E-state index is 4.00. The summed E-state index contributed by atoms with van der Waals surface area (Å²) in [5, 5.41) is 0. The standard InChI is InChI=1S/C29H52BN/c1-6-7-8-14-24-20-29(27-17-12-11-15-25(24)27)30(31(21(2)3)22(4)5)28-19-18-23-13-9-10-16-26(23)28/h6,21-29H,1,7-20H2,2-5H3. The zero-order valence-corrected chi connectivity index (χ0v) is 21.4. The largest absolute Gasteiger partial charge is 0.337 e. The summed E-state index contributed by atoms with van der Waals surface area (Å²) in [5.41, 5.74) is 0. The van der Waals surface area contributed by atoms with Crippen LogP contribution in [0.15, 0.2) is 12.7 Å². The Morgan fingerprint density at radius 2 is 1.45 bits per heavy atom. The summed E-state index contributed by atoms with van der Waals surface area (Å²) in [6.07, 6.45) is 23.0. The molecule has 4 saturated carbocycles. The molecule has 4 aliphatic rings. The first-order valence-electron chi connectivity index (χ1n) is 14.4. The minimum atomic E-state index is 0.675. The Labute approximate surface area is 195 Å². The highest BCUT2D eigenvalue weighted by Crippen LogP contribution is 2.60. The Morgan fingerprint density at radius 3 is 2.13 bits per heavy atom. The maximum Gasteiger partial charge on any atom is 0.230 e. The molecule has 0 aromatic carbocycles. The first-order chi connectivity index (χ1) is 15.0. The molecule has 4 rings (SSSR count). The summed E-state index contributed by atoms with van der Waals surface area (Å²) in [7, 11) is 0. The first kappa shape index (κ1) is 23.9. The van der Waals surface area contributed by atoms with Crippen molar-refractivity contribution in [1.82, 2.24) is 4.81 Å². The zero-order valence-electron chi connectivity index (χ0n) is 21.4. The van der Waals surface area contributed by atoms with Gasteiger partial charge in [0.05, 0.1) is 0 Å². The Kier molecular flexibility index (Phi) is 8.33. The van der Waals surface area contributed by atoms with Gasteiger partial charge >= 0.3 is 0 Å². The van der Waals surface area contributed by atoms with Gasteiger partial charge in [-0.3, -0.25) is 0 Å². The highest BCUT2D eigenvalue weighted by atomic mass is 15.1. The SMILES string of the molecule is C=CCCCC1CC(B(C2CCC3CCCCC32)N(C(C)C)C(C)C)C2CCCCC12. The Bertz CT molecular complexity index is 563. The van der Waals surface area contributed by atoms with Crippen LogP contribution in [0.5, 0.6) is 0 Å². The van der Waals surface area contributed by atoms with Crippen LogP contribution in [0.1, 0.15) is 118 Å². The van der Waals surface area contributed by atoms with E-state index in [1.165, 1.54) is 70.6 Å². The predicted octanol–water partition coefficient (Wildman–Crippen LogP) is 8.62. The van der Waals surface area contributed by atoms with E-state index in [1.54, 1.807) is 19.3 Å². The van der Waals surface area contributed by atoms with Crippen molar-refractivity contribution in [3.05, 3.63) is 12.7 Å². The van der Waals surface area contributed by atoms with Crippen molar-refractivity contribution in [2.75, 3.05) is 0 Å². The lowest BCUT2D eigenvalue weighted by Gasteiger charge is -2.47. The van der Waals surface area contributed by atoms with Gasteiger partial charge in [-0.05, 0) is 79.0 Å². The number of rotatable bonds is 9. The van der Waals surface area contributed by atoms with Crippen molar-refractivity contribution < 1.29 is 0 Å². The monoisotopic (exact) mass is 425 g/mol. The fraction of sp³-hybridized carbons (Fsp3) is 0.931. The van der Waals surface area contributed by atoms with Gasteiger partial charge in [0.25, 0.3) is 0 Å². The van der Waals surface area contributed by atoms with Crippen molar-refractivity contribution in [3.8, 4) is 0 Å². The fourth-order valence-corrected chi connectivity index (χ4v) is 9.50. The fourth-order valence-electron chi connectivity index (χ4n) is 9.50. The van der Waals surface area contributed by atoms with Crippen LogP contribution in [0.2, 0.25) is 11.6 Å². The van der Waals surface area contributed by atoms with Crippen molar-refractivity contribution in [1.29, 1.82) is 0 Å². The Balaban J connectivity index is 1.62. The van der Waals surface area contributed by atoms with Gasteiger partial charge in [-0.1, -0.05) is 98.0 Å². The van der Waals surface area contributed by atoms with E-state index in [0.717, 1.165) is 48.1 Å². The molecule has 176 valence electrons. The lowest BCUT2D eigenvalue weighted by molar-refractivity contribution is 0.211. The average Bonchev–Trinajstić information content (AvgIpc) is 3.34. The minimum Gasteiger partial charge on any atom is -0.337 e. The molecule has 1 nitrogen and oxygen atoms in total. The Hall–Kier alpha value is -0.235. The van der Waals surface area contributed by atoms with Gasteiger partial charge in [0.1, 0.15) is 0 Å². The van der Waals surface area contributed by atoms with Crippen LogP contribution < -0.4 is 0 Å². The first-order valence-corrected chi connectivity index (χ1v) is 14.4. The van der Waals surface area contributed by atoms with Gasteiger partial charge < -0.3 is 4.81 Å². The summed E-state index contributed by atoms with van der Waals surface area (Å²) in [5.74, 6) is 7.12. The number of hydrogen-bond donors (Lipinski definition) is 0. The van der Waals surface area contributed by atoms with Gasteiger partial charge in [0.2, 0.25) is 6.85 Å². The molecule has 7 atom stereocenters. The molecular weight excluding hydrogens is 373 g/mol. The third-order valence-electron chi connectivity index (χ3n) is 10.4. The molecule has 4 aliphatic carbocycles. The van der Waals surface area contributed by atoms with Crippen molar-refractivity contribution in [3.63, 3.8) is 0 Å². The third kappa shape index (κ3) is 5.00. The van der Waals surface area contributed by atoms with Gasteiger partial charge in [0, 0.05) is 0 Å². The van der Waals surface area contributed by atoms with E-state index >= 15 is 0 Å². The second-order valence-electron chi connectivity index (χ2n) is 12.6. The summed E-state index contributed by atoms with van der Waals surface area (Å²) >= 11 is 0. The van der Waals surface area contributed by atoms with Crippen LogP contribution >= 0.6 is 0 Å². The van der Waals surface area contributed by atoms with Crippen LogP contribution in [-0.2, 0) is 0 Å². The van der Waals surface area contributed by atoms with Gasteiger partial charge in [-0.15, -0.1) is 6.58 Å². The second-order valence-corrected chi connectivity index (χ2v) is 12.6. The molecule has 31 heavy (non-hydrogen) atoms. The molecular formula is C29H52BN. The summed E-state index contributed by atoms with van der Waals surface area (Å²) in [4.78, 5) is 3.03. The van der Waals surface area contributed by atoms with Crippen LogP contribution in [-0.4, -0.2) is 23.7 Å².